The van der Waals surface area contributed by atoms with Gasteiger partial charge in [0.05, 0.1) is 4.83 Å². The summed E-state index contributed by atoms with van der Waals surface area (Å²) < 4.78 is 0. The summed E-state index contributed by atoms with van der Waals surface area (Å²) in [4.78, 5) is 14.6. The molecule has 2 saturated heterocycles. The molecule has 1 amide bonds. The maximum Gasteiger partial charge on any atom is 0.234 e. The molecule has 0 spiro atoms. The van der Waals surface area contributed by atoms with Crippen molar-refractivity contribution >= 4 is 21.8 Å². The molecule has 0 aromatic heterocycles. The summed E-state index contributed by atoms with van der Waals surface area (Å²) in [6.45, 7) is 4.14. The number of hydrogen-bond donors (Lipinski definition) is 1. The molecule has 0 aromatic carbocycles. The lowest BCUT2D eigenvalue weighted by Gasteiger charge is -2.47. The van der Waals surface area contributed by atoms with Crippen LogP contribution in [-0.2, 0) is 4.79 Å². The molecule has 3 atom stereocenters. The zero-order valence-corrected chi connectivity index (χ0v) is 13.2. The maximum atomic E-state index is 12.1. The van der Waals surface area contributed by atoms with E-state index >= 15 is 0 Å². The standard InChI is InChI=1S/C14H25BrN2O/c1-9(2)13(15)14(18)16-10-7-11-5-4-6-12(8-10)17(11)3/h9-13H,4-8H2,1-3H3,(H,16,18). The van der Waals surface area contributed by atoms with Crippen LogP contribution in [0.15, 0.2) is 0 Å². The molecular weight excluding hydrogens is 292 g/mol. The van der Waals surface area contributed by atoms with Crippen LogP contribution < -0.4 is 5.32 Å². The fraction of sp³-hybridized carbons (Fsp3) is 0.929. The Morgan fingerprint density at radius 3 is 2.33 bits per heavy atom. The highest BCUT2D eigenvalue weighted by atomic mass is 79.9. The van der Waals surface area contributed by atoms with E-state index in [-0.39, 0.29) is 10.7 Å². The Labute approximate surface area is 119 Å². The number of piperidine rings is 2. The third-order valence-electron chi connectivity index (χ3n) is 4.52. The van der Waals surface area contributed by atoms with Crippen LogP contribution in [0.5, 0.6) is 0 Å². The summed E-state index contributed by atoms with van der Waals surface area (Å²) in [5.74, 6) is 0.508. The van der Waals surface area contributed by atoms with Gasteiger partial charge in [0.25, 0.3) is 0 Å². The van der Waals surface area contributed by atoms with Gasteiger partial charge in [0, 0.05) is 18.1 Å². The number of nitrogens with one attached hydrogen (secondary N) is 1. The van der Waals surface area contributed by atoms with E-state index in [1.54, 1.807) is 0 Å². The van der Waals surface area contributed by atoms with Crippen molar-refractivity contribution in [2.75, 3.05) is 7.05 Å². The predicted molar refractivity (Wildman–Crippen MR) is 77.9 cm³/mol. The molecule has 18 heavy (non-hydrogen) atoms. The van der Waals surface area contributed by atoms with Gasteiger partial charge in [0.15, 0.2) is 0 Å². The van der Waals surface area contributed by atoms with Crippen molar-refractivity contribution < 1.29 is 4.79 Å². The van der Waals surface area contributed by atoms with Crippen LogP contribution in [0.2, 0.25) is 0 Å². The molecule has 0 radical (unpaired) electrons. The number of hydrogen-bond acceptors (Lipinski definition) is 2. The highest BCUT2D eigenvalue weighted by Gasteiger charge is 2.37. The topological polar surface area (TPSA) is 32.3 Å². The lowest BCUT2D eigenvalue weighted by atomic mass is 9.82. The number of fused-ring (bicyclic) bond motifs is 2. The quantitative estimate of drug-likeness (QED) is 0.811. The van der Waals surface area contributed by atoms with Crippen LogP contribution in [0.3, 0.4) is 0 Å². The Morgan fingerprint density at radius 2 is 1.83 bits per heavy atom. The smallest absolute Gasteiger partial charge is 0.234 e. The summed E-state index contributed by atoms with van der Waals surface area (Å²) in [6.07, 6.45) is 6.18. The molecule has 104 valence electrons. The van der Waals surface area contributed by atoms with Gasteiger partial charge in [-0.15, -0.1) is 0 Å². The van der Waals surface area contributed by atoms with E-state index in [4.69, 9.17) is 0 Å². The Kier molecular flexibility index (Phi) is 4.70. The van der Waals surface area contributed by atoms with Crippen molar-refractivity contribution in [3.05, 3.63) is 0 Å². The maximum absolute atomic E-state index is 12.1. The Morgan fingerprint density at radius 1 is 1.28 bits per heavy atom. The first-order chi connectivity index (χ1) is 8.49. The first kappa shape index (κ1) is 14.3. The summed E-state index contributed by atoms with van der Waals surface area (Å²) in [7, 11) is 2.24. The molecular formula is C14H25BrN2O. The van der Waals surface area contributed by atoms with Crippen LogP contribution in [0.25, 0.3) is 0 Å². The van der Waals surface area contributed by atoms with E-state index in [1.807, 2.05) is 0 Å². The second-order valence-electron chi connectivity index (χ2n) is 6.23. The van der Waals surface area contributed by atoms with E-state index in [1.165, 1.54) is 19.3 Å². The third-order valence-corrected chi connectivity index (χ3v) is 6.00. The monoisotopic (exact) mass is 316 g/mol. The summed E-state index contributed by atoms with van der Waals surface area (Å²) >= 11 is 3.49. The van der Waals surface area contributed by atoms with Crippen LogP contribution in [0.4, 0.5) is 0 Å². The zero-order valence-electron chi connectivity index (χ0n) is 11.7. The van der Waals surface area contributed by atoms with Gasteiger partial charge in [-0.2, -0.15) is 0 Å². The van der Waals surface area contributed by atoms with Gasteiger partial charge in [-0.1, -0.05) is 36.2 Å². The van der Waals surface area contributed by atoms with Crippen molar-refractivity contribution in [2.45, 2.75) is 68.9 Å². The number of nitrogens with zero attached hydrogens (tertiary/aromatic N) is 1. The minimum Gasteiger partial charge on any atom is -0.352 e. The minimum atomic E-state index is -0.0583. The van der Waals surface area contributed by atoms with Gasteiger partial charge in [-0.05, 0) is 38.6 Å². The van der Waals surface area contributed by atoms with Crippen molar-refractivity contribution in [1.82, 2.24) is 10.2 Å². The normalized spacial score (nSPS) is 34.4. The van der Waals surface area contributed by atoms with Crippen LogP contribution >= 0.6 is 15.9 Å². The predicted octanol–water partition coefficient (Wildman–Crippen LogP) is 2.54. The van der Waals surface area contributed by atoms with Crippen LogP contribution in [0, 0.1) is 5.92 Å². The molecule has 2 aliphatic rings. The Bertz CT molecular complexity index is 294. The number of halogens is 1. The van der Waals surface area contributed by atoms with Gasteiger partial charge in [0.2, 0.25) is 5.91 Å². The molecule has 3 nitrogen and oxygen atoms in total. The summed E-state index contributed by atoms with van der Waals surface area (Å²) in [6, 6.07) is 1.73. The van der Waals surface area contributed by atoms with Crippen molar-refractivity contribution in [3.63, 3.8) is 0 Å². The highest BCUT2D eigenvalue weighted by molar-refractivity contribution is 9.10. The number of carbonyl (C=O) groups excluding carboxylic acids is 1. The number of amides is 1. The molecule has 2 rings (SSSR count). The molecule has 2 aliphatic heterocycles. The average molecular weight is 317 g/mol. The van der Waals surface area contributed by atoms with Gasteiger partial charge in [-0.3, -0.25) is 4.79 Å². The van der Waals surface area contributed by atoms with Gasteiger partial charge in [-0.25, -0.2) is 0 Å². The van der Waals surface area contributed by atoms with Gasteiger partial charge >= 0.3 is 0 Å². The molecule has 4 heteroatoms. The second-order valence-corrected chi connectivity index (χ2v) is 7.21. The van der Waals surface area contributed by atoms with Crippen molar-refractivity contribution in [2.24, 2.45) is 5.92 Å². The molecule has 0 aliphatic carbocycles. The molecule has 1 N–H and O–H groups in total. The third kappa shape index (κ3) is 3.08. The van der Waals surface area contributed by atoms with E-state index in [0.717, 1.165) is 12.8 Å². The van der Waals surface area contributed by atoms with Crippen LogP contribution in [-0.4, -0.2) is 40.8 Å². The molecule has 0 aromatic rings. The average Bonchev–Trinajstić information content (AvgIpc) is 2.29. The molecule has 2 bridgehead atoms. The van der Waals surface area contributed by atoms with E-state index in [2.05, 4.69) is 47.0 Å². The Balaban J connectivity index is 1.90. The van der Waals surface area contributed by atoms with Crippen molar-refractivity contribution in [3.8, 4) is 0 Å². The summed E-state index contributed by atoms with van der Waals surface area (Å²) in [5.41, 5.74) is 0. The van der Waals surface area contributed by atoms with E-state index in [9.17, 15) is 4.79 Å². The first-order valence-electron chi connectivity index (χ1n) is 7.15. The summed E-state index contributed by atoms with van der Waals surface area (Å²) in [5, 5.41) is 3.24. The van der Waals surface area contributed by atoms with Gasteiger partial charge in [0.1, 0.15) is 0 Å². The van der Waals surface area contributed by atoms with Crippen molar-refractivity contribution in [1.29, 1.82) is 0 Å². The zero-order chi connectivity index (χ0) is 13.3. The fourth-order valence-electron chi connectivity index (χ4n) is 3.32. The number of rotatable bonds is 3. The van der Waals surface area contributed by atoms with E-state index in [0.29, 0.717) is 24.0 Å². The largest absolute Gasteiger partial charge is 0.352 e. The molecule has 2 fully saturated rings. The SMILES string of the molecule is CC(C)C(Br)C(=O)NC1CC2CCCC(C1)N2C. The molecule has 0 saturated carbocycles. The molecule has 3 unspecified atom stereocenters. The first-order valence-corrected chi connectivity index (χ1v) is 8.07. The Hall–Kier alpha value is -0.0900. The van der Waals surface area contributed by atoms with E-state index < -0.39 is 0 Å². The lowest BCUT2D eigenvalue weighted by Crippen LogP contribution is -2.56. The highest BCUT2D eigenvalue weighted by Crippen LogP contribution is 2.32. The minimum absolute atomic E-state index is 0.0583. The van der Waals surface area contributed by atoms with Gasteiger partial charge < -0.3 is 10.2 Å². The second kappa shape index (κ2) is 5.91. The number of carbonyl (C=O) groups is 1. The lowest BCUT2D eigenvalue weighted by molar-refractivity contribution is -0.122. The fourth-order valence-corrected chi connectivity index (χ4v) is 3.45. The number of alkyl halides is 1. The molecule has 2 heterocycles. The van der Waals surface area contributed by atoms with Crippen LogP contribution in [0.1, 0.15) is 46.0 Å².